The van der Waals surface area contributed by atoms with Crippen LogP contribution in [0.3, 0.4) is 0 Å². The molecular formula is C8H10N4O2S. The third kappa shape index (κ3) is 1.49. The first-order valence-corrected chi connectivity index (χ1v) is 5.79. The fraction of sp³-hybridized carbons (Fsp3) is 0.250. The lowest BCUT2D eigenvalue weighted by molar-refractivity contribution is 0.594. The van der Waals surface area contributed by atoms with E-state index in [0.29, 0.717) is 11.5 Å². The van der Waals surface area contributed by atoms with Crippen molar-refractivity contribution in [3.8, 4) is 0 Å². The van der Waals surface area contributed by atoms with Crippen LogP contribution in [0.4, 0.5) is 0 Å². The van der Waals surface area contributed by atoms with Gasteiger partial charge in [0.05, 0.1) is 5.69 Å². The number of aryl methyl sites for hydroxylation is 2. The molecule has 0 spiro atoms. The molecule has 0 aromatic carbocycles. The molecule has 2 N–H and O–H groups in total. The summed E-state index contributed by atoms with van der Waals surface area (Å²) in [4.78, 5) is 7.85. The molecule has 7 heteroatoms. The molecular weight excluding hydrogens is 216 g/mol. The van der Waals surface area contributed by atoms with Gasteiger partial charge >= 0.3 is 0 Å². The standard InChI is InChI=1S/C8H10N4O2S/c1-5-3-4-10-8-11-7(15(9,13)14)6(2)12(5)8/h3-4H,1-2H3,(H2,9,13,14). The predicted molar refractivity (Wildman–Crippen MR) is 53.8 cm³/mol. The molecule has 2 aromatic rings. The first-order chi connectivity index (χ1) is 6.91. The second-order valence-electron chi connectivity index (χ2n) is 3.27. The van der Waals surface area contributed by atoms with Crippen molar-refractivity contribution in [2.24, 2.45) is 5.14 Å². The van der Waals surface area contributed by atoms with E-state index >= 15 is 0 Å². The summed E-state index contributed by atoms with van der Waals surface area (Å²) in [5.41, 5.74) is 1.35. The van der Waals surface area contributed by atoms with E-state index < -0.39 is 10.0 Å². The van der Waals surface area contributed by atoms with Crippen molar-refractivity contribution < 1.29 is 8.42 Å². The third-order valence-corrected chi connectivity index (χ3v) is 3.10. The Bertz CT molecular complexity index is 629. The van der Waals surface area contributed by atoms with Crippen LogP contribution >= 0.6 is 0 Å². The van der Waals surface area contributed by atoms with E-state index in [2.05, 4.69) is 9.97 Å². The van der Waals surface area contributed by atoms with Crippen LogP contribution in [0.5, 0.6) is 0 Å². The maximum absolute atomic E-state index is 11.2. The number of fused-ring (bicyclic) bond motifs is 1. The van der Waals surface area contributed by atoms with Gasteiger partial charge in [-0.1, -0.05) is 0 Å². The van der Waals surface area contributed by atoms with Crippen molar-refractivity contribution in [1.82, 2.24) is 14.4 Å². The largest absolute Gasteiger partial charge is 0.284 e. The zero-order chi connectivity index (χ0) is 11.2. The van der Waals surface area contributed by atoms with Crippen molar-refractivity contribution in [3.05, 3.63) is 23.7 Å². The summed E-state index contributed by atoms with van der Waals surface area (Å²) in [6.45, 7) is 3.49. The minimum atomic E-state index is -3.78. The number of imidazole rings is 1. The topological polar surface area (TPSA) is 90.3 Å². The summed E-state index contributed by atoms with van der Waals surface area (Å²) in [7, 11) is -3.78. The van der Waals surface area contributed by atoms with E-state index in [9.17, 15) is 8.42 Å². The minimum absolute atomic E-state index is 0.121. The maximum atomic E-state index is 11.2. The Kier molecular flexibility index (Phi) is 2.02. The molecule has 0 unspecified atom stereocenters. The Hall–Kier alpha value is -1.47. The van der Waals surface area contributed by atoms with E-state index in [0.717, 1.165) is 5.69 Å². The summed E-state index contributed by atoms with van der Waals surface area (Å²) in [5.74, 6) is 0.344. The quantitative estimate of drug-likeness (QED) is 0.740. The van der Waals surface area contributed by atoms with Crippen LogP contribution in [-0.2, 0) is 10.0 Å². The molecule has 0 fully saturated rings. The minimum Gasteiger partial charge on any atom is -0.284 e. The lowest BCUT2D eigenvalue weighted by Crippen LogP contribution is -2.14. The summed E-state index contributed by atoms with van der Waals surface area (Å²) < 4.78 is 24.1. The van der Waals surface area contributed by atoms with Gasteiger partial charge in [-0.3, -0.25) is 4.40 Å². The van der Waals surface area contributed by atoms with E-state index in [1.54, 1.807) is 23.6 Å². The zero-order valence-electron chi connectivity index (χ0n) is 8.30. The van der Waals surface area contributed by atoms with Crippen LogP contribution in [0.2, 0.25) is 0 Å². The number of hydrogen-bond acceptors (Lipinski definition) is 4. The fourth-order valence-corrected chi connectivity index (χ4v) is 2.24. The van der Waals surface area contributed by atoms with Crippen LogP contribution in [0.15, 0.2) is 17.3 Å². The molecule has 0 aliphatic rings. The van der Waals surface area contributed by atoms with Crippen molar-refractivity contribution in [1.29, 1.82) is 0 Å². The van der Waals surface area contributed by atoms with Gasteiger partial charge in [-0.25, -0.2) is 18.5 Å². The summed E-state index contributed by atoms with van der Waals surface area (Å²) >= 11 is 0. The van der Waals surface area contributed by atoms with Gasteiger partial charge in [0.15, 0.2) is 5.03 Å². The number of sulfonamides is 1. The van der Waals surface area contributed by atoms with E-state index in [-0.39, 0.29) is 5.03 Å². The average Bonchev–Trinajstić information content (AvgIpc) is 2.44. The number of hydrogen-bond donors (Lipinski definition) is 1. The molecule has 0 saturated heterocycles. The number of nitrogens with zero attached hydrogens (tertiary/aromatic N) is 3. The first kappa shape index (κ1) is 10.1. The molecule has 0 aliphatic carbocycles. The van der Waals surface area contributed by atoms with Crippen molar-refractivity contribution in [3.63, 3.8) is 0 Å². The van der Waals surface area contributed by atoms with Crippen molar-refractivity contribution in [2.45, 2.75) is 18.9 Å². The molecule has 0 atom stereocenters. The molecule has 0 saturated carbocycles. The van der Waals surface area contributed by atoms with Gasteiger partial charge in [0, 0.05) is 11.9 Å². The van der Waals surface area contributed by atoms with Gasteiger partial charge in [0.25, 0.3) is 10.0 Å². The second-order valence-corrected chi connectivity index (χ2v) is 4.75. The van der Waals surface area contributed by atoms with Gasteiger partial charge in [-0.2, -0.15) is 4.98 Å². The number of primary sulfonamides is 1. The molecule has 2 aromatic heterocycles. The highest BCUT2D eigenvalue weighted by atomic mass is 32.2. The fourth-order valence-electron chi connectivity index (χ4n) is 1.53. The van der Waals surface area contributed by atoms with Crippen LogP contribution in [0, 0.1) is 13.8 Å². The highest BCUT2D eigenvalue weighted by molar-refractivity contribution is 7.89. The van der Waals surface area contributed by atoms with Crippen LogP contribution < -0.4 is 5.14 Å². The van der Waals surface area contributed by atoms with Crippen LogP contribution in [0.25, 0.3) is 5.78 Å². The van der Waals surface area contributed by atoms with Gasteiger partial charge in [0.1, 0.15) is 0 Å². The number of nitrogens with two attached hydrogens (primary N) is 1. The van der Waals surface area contributed by atoms with Crippen molar-refractivity contribution in [2.75, 3.05) is 0 Å². The van der Waals surface area contributed by atoms with Gasteiger partial charge in [0.2, 0.25) is 5.78 Å². The highest BCUT2D eigenvalue weighted by Crippen LogP contribution is 2.15. The third-order valence-electron chi connectivity index (χ3n) is 2.17. The molecule has 0 bridgehead atoms. The smallest absolute Gasteiger partial charge is 0.257 e. The average molecular weight is 226 g/mol. The lowest BCUT2D eigenvalue weighted by atomic mass is 10.4. The van der Waals surface area contributed by atoms with Crippen LogP contribution in [-0.4, -0.2) is 22.8 Å². The summed E-state index contributed by atoms with van der Waals surface area (Å²) in [6.07, 6.45) is 1.57. The predicted octanol–water partition coefficient (Wildman–Crippen LogP) is -0.00646. The van der Waals surface area contributed by atoms with E-state index in [4.69, 9.17) is 5.14 Å². The molecule has 15 heavy (non-hydrogen) atoms. The van der Waals surface area contributed by atoms with Gasteiger partial charge in [-0.05, 0) is 19.9 Å². The summed E-state index contributed by atoms with van der Waals surface area (Å²) in [5, 5.41) is 4.92. The lowest BCUT2D eigenvalue weighted by Gasteiger charge is -1.99. The highest BCUT2D eigenvalue weighted by Gasteiger charge is 2.19. The first-order valence-electron chi connectivity index (χ1n) is 4.25. The van der Waals surface area contributed by atoms with Gasteiger partial charge in [-0.15, -0.1) is 0 Å². The maximum Gasteiger partial charge on any atom is 0.257 e. The Morgan fingerprint density at radius 3 is 2.60 bits per heavy atom. The number of aromatic nitrogens is 3. The monoisotopic (exact) mass is 226 g/mol. The van der Waals surface area contributed by atoms with Gasteiger partial charge < -0.3 is 0 Å². The molecule has 0 radical (unpaired) electrons. The number of rotatable bonds is 1. The SMILES string of the molecule is Cc1ccnc2nc(S(N)(=O)=O)c(C)n12. The molecule has 0 amide bonds. The molecule has 80 valence electrons. The molecule has 6 nitrogen and oxygen atoms in total. The zero-order valence-corrected chi connectivity index (χ0v) is 9.11. The summed E-state index contributed by atoms with van der Waals surface area (Å²) in [6, 6.07) is 1.77. The second kappa shape index (κ2) is 3.01. The molecule has 2 rings (SSSR count). The Labute approximate surface area is 86.8 Å². The Balaban J connectivity index is 2.94. The Morgan fingerprint density at radius 1 is 1.40 bits per heavy atom. The Morgan fingerprint density at radius 2 is 2.07 bits per heavy atom. The normalized spacial score (nSPS) is 12.2. The van der Waals surface area contributed by atoms with Crippen LogP contribution in [0.1, 0.15) is 11.4 Å². The van der Waals surface area contributed by atoms with E-state index in [1.165, 1.54) is 0 Å². The van der Waals surface area contributed by atoms with Crippen molar-refractivity contribution >= 4 is 15.8 Å². The molecule has 0 aliphatic heterocycles. The van der Waals surface area contributed by atoms with E-state index in [1.807, 2.05) is 6.92 Å². The molecule has 2 heterocycles.